The molecule has 2 N–H and O–H groups in total. The maximum Gasteiger partial charge on any atom is 0.294 e. The van der Waals surface area contributed by atoms with E-state index < -0.39 is 17.1 Å². The molecule has 0 atom stereocenters. The number of hydrogen-bond donors (Lipinski definition) is 2. The molecular formula is C26H24N4O4S. The summed E-state index contributed by atoms with van der Waals surface area (Å²) >= 11 is 0.784. The van der Waals surface area contributed by atoms with Crippen molar-refractivity contribution in [1.82, 2.24) is 9.58 Å². The molecule has 0 aliphatic carbocycles. The first-order valence-corrected chi connectivity index (χ1v) is 11.7. The van der Waals surface area contributed by atoms with Crippen LogP contribution in [0.25, 0.3) is 6.08 Å². The van der Waals surface area contributed by atoms with Crippen LogP contribution in [0.2, 0.25) is 0 Å². The van der Waals surface area contributed by atoms with Gasteiger partial charge in [-0.05, 0) is 80.1 Å². The maximum absolute atomic E-state index is 12.9. The zero-order chi connectivity index (χ0) is 25.1. The highest BCUT2D eigenvalue weighted by molar-refractivity contribution is 8.18. The highest BCUT2D eigenvalue weighted by Gasteiger charge is 2.36. The lowest BCUT2D eigenvalue weighted by molar-refractivity contribution is -0.127. The lowest BCUT2D eigenvalue weighted by Crippen LogP contribution is -2.36. The molecule has 35 heavy (non-hydrogen) atoms. The van der Waals surface area contributed by atoms with Crippen molar-refractivity contribution in [2.24, 2.45) is 0 Å². The Balaban J connectivity index is 1.48. The highest BCUT2D eigenvalue weighted by atomic mass is 32.2. The van der Waals surface area contributed by atoms with Crippen molar-refractivity contribution < 1.29 is 19.2 Å². The van der Waals surface area contributed by atoms with Gasteiger partial charge in [0, 0.05) is 22.6 Å². The summed E-state index contributed by atoms with van der Waals surface area (Å²) in [5.74, 6) is -1.25. The second-order valence-corrected chi connectivity index (χ2v) is 9.15. The Labute approximate surface area is 207 Å². The molecule has 0 unspecified atom stereocenters. The summed E-state index contributed by atoms with van der Waals surface area (Å²) in [6.45, 7) is 5.17. The van der Waals surface area contributed by atoms with Crippen molar-refractivity contribution in [3.63, 3.8) is 0 Å². The van der Waals surface area contributed by atoms with E-state index in [0.29, 0.717) is 22.5 Å². The number of anilines is 1. The number of amides is 4. The third-order valence-corrected chi connectivity index (χ3v) is 6.39. The number of carbonyl (C=O) groups is 4. The second-order valence-electron chi connectivity index (χ2n) is 8.15. The molecule has 0 saturated carbocycles. The Morgan fingerprint density at radius 2 is 1.71 bits per heavy atom. The quantitative estimate of drug-likeness (QED) is 0.499. The highest BCUT2D eigenvalue weighted by Crippen LogP contribution is 2.33. The number of imide groups is 1. The van der Waals surface area contributed by atoms with E-state index in [1.54, 1.807) is 47.2 Å². The molecule has 2 heterocycles. The third kappa shape index (κ3) is 5.36. The summed E-state index contributed by atoms with van der Waals surface area (Å²) in [5, 5.41) is 2.20. The third-order valence-electron chi connectivity index (χ3n) is 5.48. The van der Waals surface area contributed by atoms with Gasteiger partial charge in [0.1, 0.15) is 6.54 Å². The monoisotopic (exact) mass is 488 g/mol. The first kappa shape index (κ1) is 24.0. The minimum atomic E-state index is -0.530. The molecule has 1 aliphatic heterocycles. The maximum atomic E-state index is 12.9. The number of aromatic nitrogens is 1. The van der Waals surface area contributed by atoms with Gasteiger partial charge in [0.15, 0.2) is 0 Å². The SMILES string of the molecule is Cc1cccc(NC(=O)CN2C(=O)S/C(=C\c3cc(C)n(NC(=O)c4ccccc4)c3C)C2=O)c1. The van der Waals surface area contributed by atoms with Crippen molar-refractivity contribution in [3.05, 3.63) is 93.6 Å². The van der Waals surface area contributed by atoms with Crippen LogP contribution in [0.15, 0.2) is 65.6 Å². The number of carbonyl (C=O) groups excluding carboxylic acids is 4. The van der Waals surface area contributed by atoms with Gasteiger partial charge in [-0.15, -0.1) is 0 Å². The largest absolute Gasteiger partial charge is 0.325 e. The molecule has 9 heteroatoms. The van der Waals surface area contributed by atoms with Crippen molar-refractivity contribution in [2.45, 2.75) is 20.8 Å². The zero-order valence-electron chi connectivity index (χ0n) is 19.5. The van der Waals surface area contributed by atoms with Gasteiger partial charge >= 0.3 is 0 Å². The minimum absolute atomic E-state index is 0.216. The Morgan fingerprint density at radius 3 is 2.43 bits per heavy atom. The van der Waals surface area contributed by atoms with Gasteiger partial charge in [0.25, 0.3) is 17.1 Å². The first-order valence-electron chi connectivity index (χ1n) is 10.9. The topological polar surface area (TPSA) is 101 Å². The predicted octanol–water partition coefficient (Wildman–Crippen LogP) is 4.47. The molecule has 4 rings (SSSR count). The summed E-state index contributed by atoms with van der Waals surface area (Å²) in [6, 6.07) is 17.9. The van der Waals surface area contributed by atoms with Crippen LogP contribution in [0.4, 0.5) is 10.5 Å². The summed E-state index contributed by atoms with van der Waals surface area (Å²) in [7, 11) is 0. The molecule has 2 aromatic carbocycles. The minimum Gasteiger partial charge on any atom is -0.325 e. The van der Waals surface area contributed by atoms with Gasteiger partial charge in [0.05, 0.1) is 4.91 Å². The smallest absolute Gasteiger partial charge is 0.294 e. The van der Waals surface area contributed by atoms with Crippen LogP contribution in [0.1, 0.15) is 32.9 Å². The van der Waals surface area contributed by atoms with Crippen LogP contribution in [-0.2, 0) is 9.59 Å². The normalized spacial score (nSPS) is 14.5. The number of hydrogen-bond acceptors (Lipinski definition) is 5. The van der Waals surface area contributed by atoms with Crippen molar-refractivity contribution in [3.8, 4) is 0 Å². The molecule has 0 bridgehead atoms. The molecule has 0 spiro atoms. The second kappa shape index (κ2) is 10.0. The lowest BCUT2D eigenvalue weighted by atomic mass is 10.2. The number of thioether (sulfide) groups is 1. The van der Waals surface area contributed by atoms with Crippen LogP contribution >= 0.6 is 11.8 Å². The van der Waals surface area contributed by atoms with E-state index in [-0.39, 0.29) is 17.4 Å². The predicted molar refractivity (Wildman–Crippen MR) is 137 cm³/mol. The van der Waals surface area contributed by atoms with Gasteiger partial charge in [-0.1, -0.05) is 30.3 Å². The van der Waals surface area contributed by atoms with Gasteiger partial charge in [-0.3, -0.25) is 34.2 Å². The fraction of sp³-hybridized carbons (Fsp3) is 0.154. The van der Waals surface area contributed by atoms with Crippen LogP contribution in [0, 0.1) is 20.8 Å². The Hall–Kier alpha value is -4.11. The molecule has 3 aromatic rings. The molecule has 8 nitrogen and oxygen atoms in total. The van der Waals surface area contributed by atoms with E-state index in [1.165, 1.54) is 0 Å². The summed E-state index contributed by atoms with van der Waals surface area (Å²) in [6.07, 6.45) is 1.61. The van der Waals surface area contributed by atoms with E-state index in [1.807, 2.05) is 45.0 Å². The number of rotatable bonds is 6. The van der Waals surface area contributed by atoms with Crippen LogP contribution in [0.5, 0.6) is 0 Å². The zero-order valence-corrected chi connectivity index (χ0v) is 20.3. The molecular weight excluding hydrogens is 464 g/mol. The number of nitrogens with zero attached hydrogens (tertiary/aromatic N) is 2. The summed E-state index contributed by atoms with van der Waals surface area (Å²) in [4.78, 5) is 51.5. The number of nitrogens with one attached hydrogen (secondary N) is 2. The van der Waals surface area contributed by atoms with Crippen LogP contribution in [-0.4, -0.2) is 39.1 Å². The Kier molecular flexibility index (Phi) is 6.88. The van der Waals surface area contributed by atoms with E-state index >= 15 is 0 Å². The molecule has 1 aromatic heterocycles. The Bertz CT molecular complexity index is 1360. The summed E-state index contributed by atoms with van der Waals surface area (Å²) < 4.78 is 1.64. The van der Waals surface area contributed by atoms with E-state index in [9.17, 15) is 19.2 Å². The van der Waals surface area contributed by atoms with Crippen molar-refractivity contribution in [1.29, 1.82) is 0 Å². The van der Waals surface area contributed by atoms with Crippen molar-refractivity contribution >= 4 is 46.5 Å². The fourth-order valence-electron chi connectivity index (χ4n) is 3.71. The van der Waals surface area contributed by atoms with Crippen molar-refractivity contribution in [2.75, 3.05) is 17.3 Å². The summed E-state index contributed by atoms with van der Waals surface area (Å²) in [5.41, 5.74) is 7.10. The molecule has 178 valence electrons. The first-order chi connectivity index (χ1) is 16.7. The lowest BCUT2D eigenvalue weighted by Gasteiger charge is -2.12. The fourth-order valence-corrected chi connectivity index (χ4v) is 4.54. The average molecular weight is 489 g/mol. The van der Waals surface area contributed by atoms with Crippen LogP contribution in [0.3, 0.4) is 0 Å². The van der Waals surface area contributed by atoms with Gasteiger partial charge in [-0.25, -0.2) is 0 Å². The Morgan fingerprint density at radius 1 is 0.971 bits per heavy atom. The average Bonchev–Trinajstić information content (AvgIpc) is 3.24. The number of aryl methyl sites for hydroxylation is 2. The molecule has 4 amide bonds. The standard InChI is InChI=1S/C26H24N4O4S/c1-16-8-7-11-21(12-16)27-23(31)15-29-25(33)22(35-26(29)34)14-20-13-17(2)30(18(20)3)28-24(32)19-9-5-4-6-10-19/h4-14H,15H2,1-3H3,(H,27,31)(H,28,32)/b22-14-. The van der Waals surface area contributed by atoms with E-state index in [4.69, 9.17) is 0 Å². The molecule has 0 radical (unpaired) electrons. The number of benzene rings is 2. The molecule has 1 fully saturated rings. The molecule has 1 aliphatic rings. The van der Waals surface area contributed by atoms with E-state index in [0.717, 1.165) is 27.9 Å². The van der Waals surface area contributed by atoms with Gasteiger partial charge in [-0.2, -0.15) is 0 Å². The van der Waals surface area contributed by atoms with E-state index in [2.05, 4.69) is 10.7 Å². The van der Waals surface area contributed by atoms with Gasteiger partial charge < -0.3 is 5.32 Å². The molecule has 1 saturated heterocycles. The van der Waals surface area contributed by atoms with Crippen LogP contribution < -0.4 is 10.7 Å². The van der Waals surface area contributed by atoms with Gasteiger partial charge in [0.2, 0.25) is 5.91 Å².